The molecule has 0 aliphatic carbocycles. The molecule has 1 saturated heterocycles. The van der Waals surface area contributed by atoms with Crippen LogP contribution in [-0.2, 0) is 11.2 Å². The molecular weight excluding hydrogens is 404 g/mol. The predicted molar refractivity (Wildman–Crippen MR) is 109 cm³/mol. The number of anilines is 1. The van der Waals surface area contributed by atoms with Crippen molar-refractivity contribution in [1.29, 1.82) is 0 Å². The van der Waals surface area contributed by atoms with Crippen LogP contribution in [0.1, 0.15) is 30.6 Å². The zero-order valence-electron chi connectivity index (χ0n) is 17.0. The van der Waals surface area contributed by atoms with Crippen molar-refractivity contribution in [3.05, 3.63) is 59.7 Å². The Morgan fingerprint density at radius 2 is 1.97 bits per heavy atom. The largest absolute Gasteiger partial charge is 0.485 e. The van der Waals surface area contributed by atoms with Crippen LogP contribution >= 0.6 is 0 Å². The van der Waals surface area contributed by atoms with E-state index < -0.39 is 11.6 Å². The van der Waals surface area contributed by atoms with Gasteiger partial charge in [-0.1, -0.05) is 0 Å². The third-order valence-corrected chi connectivity index (χ3v) is 5.67. The van der Waals surface area contributed by atoms with Crippen molar-refractivity contribution in [1.82, 2.24) is 19.9 Å². The van der Waals surface area contributed by atoms with Crippen molar-refractivity contribution < 1.29 is 18.3 Å². The van der Waals surface area contributed by atoms with Crippen molar-refractivity contribution in [2.45, 2.75) is 31.9 Å². The molecule has 160 valence electrons. The summed E-state index contributed by atoms with van der Waals surface area (Å²) in [6, 6.07) is 4.39. The maximum Gasteiger partial charge on any atom is 0.200 e. The zero-order valence-corrected chi connectivity index (χ0v) is 17.0. The van der Waals surface area contributed by atoms with Crippen LogP contribution in [0.25, 0.3) is 11.6 Å². The number of benzene rings is 1. The summed E-state index contributed by atoms with van der Waals surface area (Å²) < 4.78 is 39.7. The standard InChI is InChI=1S/C22H21F2N5O2/c1-13-16-11-27-22(21-25-5-2-6-26-21)28-18(16)3-7-29(13)14-9-17(23)20(24)19(10-14)31-15-4-8-30-12-15/h2,5-6,9-11,13,15H,3-4,7-8,12H2,1H3. The first-order chi connectivity index (χ1) is 15.1. The molecule has 0 saturated carbocycles. The first-order valence-electron chi connectivity index (χ1n) is 10.2. The van der Waals surface area contributed by atoms with Crippen molar-refractivity contribution in [3.63, 3.8) is 0 Å². The van der Waals surface area contributed by atoms with Gasteiger partial charge in [-0.15, -0.1) is 0 Å². The molecule has 2 unspecified atom stereocenters. The van der Waals surface area contributed by atoms with Crippen LogP contribution in [-0.4, -0.2) is 45.8 Å². The van der Waals surface area contributed by atoms with E-state index >= 15 is 0 Å². The van der Waals surface area contributed by atoms with Gasteiger partial charge in [-0.25, -0.2) is 24.3 Å². The first kappa shape index (κ1) is 19.7. The van der Waals surface area contributed by atoms with E-state index in [1.165, 1.54) is 6.07 Å². The van der Waals surface area contributed by atoms with Gasteiger partial charge in [0.25, 0.3) is 0 Å². The van der Waals surface area contributed by atoms with Gasteiger partial charge in [0.2, 0.25) is 5.82 Å². The number of hydrogen-bond acceptors (Lipinski definition) is 7. The fraction of sp³-hybridized carbons (Fsp3) is 0.364. The lowest BCUT2D eigenvalue weighted by molar-refractivity contribution is 0.137. The Morgan fingerprint density at radius 3 is 2.74 bits per heavy atom. The van der Waals surface area contributed by atoms with Crippen LogP contribution in [0.4, 0.5) is 14.5 Å². The van der Waals surface area contributed by atoms with Gasteiger partial charge in [-0.05, 0) is 13.0 Å². The van der Waals surface area contributed by atoms with E-state index in [9.17, 15) is 8.78 Å². The van der Waals surface area contributed by atoms with Gasteiger partial charge < -0.3 is 14.4 Å². The summed E-state index contributed by atoms with van der Waals surface area (Å²) in [6.45, 7) is 3.53. The second-order valence-electron chi connectivity index (χ2n) is 7.63. The Balaban J connectivity index is 1.43. The summed E-state index contributed by atoms with van der Waals surface area (Å²) in [5, 5.41) is 0. The van der Waals surface area contributed by atoms with Crippen LogP contribution in [0.5, 0.6) is 5.75 Å². The minimum absolute atomic E-state index is 0.0867. The highest BCUT2D eigenvalue weighted by atomic mass is 19.2. The van der Waals surface area contributed by atoms with E-state index in [4.69, 9.17) is 9.47 Å². The van der Waals surface area contributed by atoms with E-state index in [0.29, 0.717) is 49.9 Å². The third kappa shape index (κ3) is 3.81. The van der Waals surface area contributed by atoms with Crippen molar-refractivity contribution in [2.24, 2.45) is 0 Å². The third-order valence-electron chi connectivity index (χ3n) is 5.67. The highest BCUT2D eigenvalue weighted by molar-refractivity contribution is 5.55. The number of aromatic nitrogens is 4. The summed E-state index contributed by atoms with van der Waals surface area (Å²) in [6.07, 6.45) is 6.08. The van der Waals surface area contributed by atoms with E-state index in [1.54, 1.807) is 30.7 Å². The molecule has 0 amide bonds. The number of rotatable bonds is 4. The van der Waals surface area contributed by atoms with Crippen LogP contribution in [0.15, 0.2) is 36.8 Å². The molecule has 0 radical (unpaired) electrons. The minimum Gasteiger partial charge on any atom is -0.485 e. The molecule has 3 aromatic rings. The number of nitrogens with zero attached hydrogens (tertiary/aromatic N) is 5. The van der Waals surface area contributed by atoms with Crippen LogP contribution in [0.3, 0.4) is 0 Å². The van der Waals surface area contributed by atoms with Crippen molar-refractivity contribution in [2.75, 3.05) is 24.7 Å². The minimum atomic E-state index is -0.975. The maximum absolute atomic E-state index is 14.4. The normalized spacial score (nSPS) is 20.5. The Bertz CT molecular complexity index is 1090. The number of fused-ring (bicyclic) bond motifs is 1. The molecule has 31 heavy (non-hydrogen) atoms. The highest BCUT2D eigenvalue weighted by Gasteiger charge is 2.29. The number of ether oxygens (including phenoxy) is 2. The van der Waals surface area contributed by atoms with Gasteiger partial charge >= 0.3 is 0 Å². The summed E-state index contributed by atoms with van der Waals surface area (Å²) in [7, 11) is 0. The van der Waals surface area contributed by atoms with Gasteiger partial charge in [0.1, 0.15) is 6.10 Å². The van der Waals surface area contributed by atoms with E-state index in [1.807, 2.05) is 11.8 Å². The SMILES string of the molecule is CC1c2cnc(-c3ncccn3)nc2CCN1c1cc(F)c(F)c(OC2CCOC2)c1. The lowest BCUT2D eigenvalue weighted by Gasteiger charge is -2.36. The maximum atomic E-state index is 14.4. The summed E-state index contributed by atoms with van der Waals surface area (Å²) in [5.74, 6) is -1.05. The Hall–Kier alpha value is -3.20. The molecule has 0 N–H and O–H groups in total. The lowest BCUT2D eigenvalue weighted by Crippen LogP contribution is -2.35. The fourth-order valence-corrected chi connectivity index (χ4v) is 4.03. The molecule has 2 aromatic heterocycles. The van der Waals surface area contributed by atoms with Gasteiger partial charge in [0.15, 0.2) is 23.2 Å². The molecule has 0 bridgehead atoms. The van der Waals surface area contributed by atoms with Crippen LogP contribution < -0.4 is 9.64 Å². The fourth-order valence-electron chi connectivity index (χ4n) is 4.03. The Labute approximate surface area is 178 Å². The smallest absolute Gasteiger partial charge is 0.200 e. The van der Waals surface area contributed by atoms with Gasteiger partial charge in [-0.3, -0.25) is 0 Å². The van der Waals surface area contributed by atoms with E-state index in [2.05, 4.69) is 19.9 Å². The molecule has 1 aromatic carbocycles. The quantitative estimate of drug-likeness (QED) is 0.633. The van der Waals surface area contributed by atoms with Crippen molar-refractivity contribution in [3.8, 4) is 17.4 Å². The topological polar surface area (TPSA) is 73.3 Å². The molecule has 1 fully saturated rings. The van der Waals surface area contributed by atoms with Gasteiger partial charge in [-0.2, -0.15) is 4.39 Å². The second kappa shape index (κ2) is 8.14. The summed E-state index contributed by atoms with van der Waals surface area (Å²) >= 11 is 0. The van der Waals surface area contributed by atoms with E-state index in [-0.39, 0.29) is 17.9 Å². The number of halogens is 2. The zero-order chi connectivity index (χ0) is 21.4. The van der Waals surface area contributed by atoms with E-state index in [0.717, 1.165) is 11.3 Å². The lowest BCUT2D eigenvalue weighted by atomic mass is 9.98. The predicted octanol–water partition coefficient (Wildman–Crippen LogP) is 3.50. The number of hydrogen-bond donors (Lipinski definition) is 0. The van der Waals surface area contributed by atoms with Crippen LogP contribution in [0.2, 0.25) is 0 Å². The molecule has 9 heteroatoms. The molecule has 2 atom stereocenters. The first-order valence-corrected chi connectivity index (χ1v) is 10.2. The molecule has 2 aliphatic rings. The molecular formula is C22H21F2N5O2. The Morgan fingerprint density at radius 1 is 1.13 bits per heavy atom. The van der Waals surface area contributed by atoms with Gasteiger partial charge in [0, 0.05) is 61.4 Å². The second-order valence-corrected chi connectivity index (χ2v) is 7.63. The molecule has 4 heterocycles. The monoisotopic (exact) mass is 425 g/mol. The van der Waals surface area contributed by atoms with Crippen molar-refractivity contribution >= 4 is 5.69 Å². The molecule has 7 nitrogen and oxygen atoms in total. The average Bonchev–Trinajstić information content (AvgIpc) is 3.30. The van der Waals surface area contributed by atoms with Crippen LogP contribution in [0, 0.1) is 11.6 Å². The summed E-state index contributed by atoms with van der Waals surface area (Å²) in [5.41, 5.74) is 2.40. The Kier molecular flexibility index (Phi) is 5.19. The highest BCUT2D eigenvalue weighted by Crippen LogP contribution is 2.36. The van der Waals surface area contributed by atoms with Gasteiger partial charge in [0.05, 0.1) is 24.9 Å². The molecule has 2 aliphatic heterocycles. The molecule has 5 rings (SSSR count). The average molecular weight is 425 g/mol. The molecule has 0 spiro atoms. The summed E-state index contributed by atoms with van der Waals surface area (Å²) in [4.78, 5) is 19.5.